The molecule has 1 aliphatic carbocycles. The molecule has 4 rings (SSSR count). The van der Waals surface area contributed by atoms with E-state index in [0.717, 1.165) is 38.5 Å². The lowest BCUT2D eigenvalue weighted by atomic mass is 9.87. The second kappa shape index (κ2) is 11.5. The minimum absolute atomic E-state index is 0.0377. The predicted molar refractivity (Wildman–Crippen MR) is 133 cm³/mol. The summed E-state index contributed by atoms with van der Waals surface area (Å²) >= 11 is 0. The zero-order valence-electron chi connectivity index (χ0n) is 20.8. The van der Waals surface area contributed by atoms with Crippen LogP contribution in [0.15, 0.2) is 24.3 Å². The van der Waals surface area contributed by atoms with Gasteiger partial charge >= 0.3 is 6.03 Å². The Morgan fingerprint density at radius 1 is 0.944 bits per heavy atom. The fourth-order valence-corrected chi connectivity index (χ4v) is 5.21. The summed E-state index contributed by atoms with van der Waals surface area (Å²) in [4.78, 5) is 66.6. The van der Waals surface area contributed by atoms with E-state index < -0.39 is 18.0 Å². The van der Waals surface area contributed by atoms with Gasteiger partial charge in [0.15, 0.2) is 5.78 Å². The number of Topliss-reactive ketones (excluding diaryl/α,β-unsaturated/α-hetero) is 1. The maximum atomic E-state index is 13.4. The first-order chi connectivity index (χ1) is 17.3. The first-order valence-corrected chi connectivity index (χ1v) is 12.9. The number of hydrogen-bond acceptors (Lipinski definition) is 5. The Kier molecular flexibility index (Phi) is 8.22. The van der Waals surface area contributed by atoms with Crippen LogP contribution in [-0.2, 0) is 14.4 Å². The highest BCUT2D eigenvalue weighted by Gasteiger charge is 2.40. The van der Waals surface area contributed by atoms with Crippen LogP contribution in [-0.4, -0.2) is 77.6 Å². The van der Waals surface area contributed by atoms with Crippen LogP contribution in [0.4, 0.5) is 10.5 Å². The fraction of sp³-hybridized carbons (Fsp3) is 0.577. The van der Waals surface area contributed by atoms with Crippen LogP contribution < -0.4 is 16.0 Å². The Labute approximate surface area is 211 Å². The Balaban J connectivity index is 1.46. The molecule has 0 aromatic heterocycles. The molecule has 2 heterocycles. The molecule has 3 fully saturated rings. The van der Waals surface area contributed by atoms with E-state index in [1.165, 1.54) is 11.8 Å². The third kappa shape index (κ3) is 6.03. The molecule has 10 heteroatoms. The van der Waals surface area contributed by atoms with Crippen LogP contribution in [0.3, 0.4) is 0 Å². The van der Waals surface area contributed by atoms with Gasteiger partial charge in [-0.05, 0) is 56.9 Å². The maximum absolute atomic E-state index is 13.4. The number of carbonyl (C=O) groups is 5. The molecule has 0 spiro atoms. The van der Waals surface area contributed by atoms with Crippen LogP contribution in [0.1, 0.15) is 62.2 Å². The van der Waals surface area contributed by atoms with Gasteiger partial charge in [0.05, 0.1) is 6.54 Å². The van der Waals surface area contributed by atoms with Gasteiger partial charge in [-0.2, -0.15) is 0 Å². The van der Waals surface area contributed by atoms with E-state index in [1.54, 1.807) is 29.2 Å². The van der Waals surface area contributed by atoms with E-state index in [-0.39, 0.29) is 42.6 Å². The number of hydrogen-bond donors (Lipinski definition) is 3. The van der Waals surface area contributed by atoms with Crippen molar-refractivity contribution in [3.05, 3.63) is 29.8 Å². The molecule has 3 aliphatic rings. The molecule has 2 saturated heterocycles. The molecule has 0 bridgehead atoms. The van der Waals surface area contributed by atoms with Crippen molar-refractivity contribution < 1.29 is 24.0 Å². The van der Waals surface area contributed by atoms with E-state index in [9.17, 15) is 24.0 Å². The molecular weight excluding hydrogens is 462 g/mol. The lowest BCUT2D eigenvalue weighted by Gasteiger charge is -2.42. The van der Waals surface area contributed by atoms with Crippen molar-refractivity contribution >= 4 is 35.2 Å². The smallest absolute Gasteiger partial charge is 0.321 e. The first kappa shape index (κ1) is 25.7. The molecule has 0 radical (unpaired) electrons. The third-order valence-electron chi connectivity index (χ3n) is 7.35. The third-order valence-corrected chi connectivity index (χ3v) is 7.35. The van der Waals surface area contributed by atoms with E-state index in [2.05, 4.69) is 16.0 Å². The summed E-state index contributed by atoms with van der Waals surface area (Å²) in [5.74, 6) is -0.842. The van der Waals surface area contributed by atoms with Gasteiger partial charge in [0.1, 0.15) is 12.1 Å². The Morgan fingerprint density at radius 3 is 2.33 bits per heavy atom. The second-order valence-electron chi connectivity index (χ2n) is 9.89. The zero-order valence-corrected chi connectivity index (χ0v) is 20.8. The summed E-state index contributed by atoms with van der Waals surface area (Å²) in [5.41, 5.74) is 1.08. The molecule has 2 aliphatic heterocycles. The fourth-order valence-electron chi connectivity index (χ4n) is 5.21. The average Bonchev–Trinajstić information content (AvgIpc) is 2.90. The molecule has 36 heavy (non-hydrogen) atoms. The van der Waals surface area contributed by atoms with E-state index in [1.807, 2.05) is 0 Å². The molecule has 10 nitrogen and oxygen atoms in total. The van der Waals surface area contributed by atoms with Gasteiger partial charge < -0.3 is 25.8 Å². The minimum atomic E-state index is -0.867. The Hall–Kier alpha value is -3.43. The minimum Gasteiger partial charge on any atom is -0.354 e. The molecular formula is C26H35N5O5. The summed E-state index contributed by atoms with van der Waals surface area (Å²) in [6.07, 6.45) is 6.06. The van der Waals surface area contributed by atoms with Crippen LogP contribution in [0.25, 0.3) is 0 Å². The summed E-state index contributed by atoms with van der Waals surface area (Å²) in [7, 11) is 0. The topological polar surface area (TPSA) is 128 Å². The molecule has 1 saturated carbocycles. The number of urea groups is 1. The van der Waals surface area contributed by atoms with Gasteiger partial charge in [-0.15, -0.1) is 0 Å². The van der Waals surface area contributed by atoms with Crippen LogP contribution >= 0.6 is 0 Å². The van der Waals surface area contributed by atoms with Crippen molar-refractivity contribution in [3.8, 4) is 0 Å². The molecule has 0 unspecified atom stereocenters. The molecule has 5 amide bonds. The van der Waals surface area contributed by atoms with Gasteiger partial charge in [0.25, 0.3) is 0 Å². The molecule has 2 atom stereocenters. The van der Waals surface area contributed by atoms with E-state index in [0.29, 0.717) is 30.8 Å². The SMILES string of the molecule is CC(=O)c1ccc(NC(=O)N2CCN(C(=O)C3CCCCC3)[C@@H](C(=O)N[C@@H]3CCCNC3=O)C2)cc1. The summed E-state index contributed by atoms with van der Waals surface area (Å²) in [5, 5.41) is 8.39. The van der Waals surface area contributed by atoms with Crippen molar-refractivity contribution in [2.75, 3.05) is 31.5 Å². The average molecular weight is 498 g/mol. The molecule has 194 valence electrons. The Morgan fingerprint density at radius 2 is 1.67 bits per heavy atom. The first-order valence-electron chi connectivity index (χ1n) is 12.9. The summed E-state index contributed by atoms with van der Waals surface area (Å²) in [6.45, 7) is 2.65. The van der Waals surface area contributed by atoms with Gasteiger partial charge in [-0.3, -0.25) is 19.2 Å². The van der Waals surface area contributed by atoms with Crippen molar-refractivity contribution in [1.82, 2.24) is 20.4 Å². The monoisotopic (exact) mass is 497 g/mol. The largest absolute Gasteiger partial charge is 0.354 e. The number of ketones is 1. The zero-order chi connectivity index (χ0) is 25.7. The van der Waals surface area contributed by atoms with E-state index in [4.69, 9.17) is 0 Å². The lowest BCUT2D eigenvalue weighted by Crippen LogP contribution is -2.64. The molecule has 1 aromatic carbocycles. The highest BCUT2D eigenvalue weighted by atomic mass is 16.2. The number of rotatable bonds is 5. The number of benzene rings is 1. The van der Waals surface area contributed by atoms with Gasteiger partial charge in [-0.25, -0.2) is 4.79 Å². The van der Waals surface area contributed by atoms with Gasteiger partial charge in [-0.1, -0.05) is 19.3 Å². The normalized spacial score (nSPS) is 23.0. The number of amides is 5. The number of piperazine rings is 1. The van der Waals surface area contributed by atoms with Crippen molar-refractivity contribution in [1.29, 1.82) is 0 Å². The van der Waals surface area contributed by atoms with Crippen molar-refractivity contribution in [2.24, 2.45) is 5.92 Å². The number of nitrogens with one attached hydrogen (secondary N) is 3. The highest BCUT2D eigenvalue weighted by Crippen LogP contribution is 2.27. The van der Waals surface area contributed by atoms with Crippen LogP contribution in [0.5, 0.6) is 0 Å². The van der Waals surface area contributed by atoms with Crippen molar-refractivity contribution in [3.63, 3.8) is 0 Å². The highest BCUT2D eigenvalue weighted by molar-refractivity contribution is 5.96. The van der Waals surface area contributed by atoms with Gasteiger partial charge in [0, 0.05) is 36.8 Å². The molecule has 3 N–H and O–H groups in total. The predicted octanol–water partition coefficient (Wildman–Crippen LogP) is 1.91. The van der Waals surface area contributed by atoms with Crippen LogP contribution in [0, 0.1) is 5.92 Å². The van der Waals surface area contributed by atoms with E-state index >= 15 is 0 Å². The number of piperidine rings is 1. The lowest BCUT2D eigenvalue weighted by molar-refractivity contribution is -0.147. The summed E-state index contributed by atoms with van der Waals surface area (Å²) < 4.78 is 0. The number of anilines is 1. The maximum Gasteiger partial charge on any atom is 0.321 e. The standard InChI is InChI=1S/C26H35N5O5/c1-17(32)18-9-11-20(12-10-18)28-26(36)30-14-15-31(25(35)19-6-3-2-4-7-19)22(16-30)24(34)29-21-8-5-13-27-23(21)33/h9-12,19,21-22H,2-8,13-16H2,1H3,(H,27,33)(H,28,36)(H,29,34)/t21-,22-/m1/s1. The van der Waals surface area contributed by atoms with Crippen LogP contribution in [0.2, 0.25) is 0 Å². The summed E-state index contributed by atoms with van der Waals surface area (Å²) in [6, 6.07) is 4.71. The van der Waals surface area contributed by atoms with Crippen molar-refractivity contribution in [2.45, 2.75) is 64.0 Å². The number of carbonyl (C=O) groups excluding carboxylic acids is 5. The molecule has 1 aromatic rings. The second-order valence-corrected chi connectivity index (χ2v) is 9.89. The Bertz CT molecular complexity index is 1000. The van der Waals surface area contributed by atoms with Gasteiger partial charge in [0.2, 0.25) is 17.7 Å². The quantitative estimate of drug-likeness (QED) is 0.536. The number of nitrogens with zero attached hydrogens (tertiary/aromatic N) is 2.